The van der Waals surface area contributed by atoms with E-state index in [9.17, 15) is 71.4 Å². The zero-order valence-corrected chi connectivity index (χ0v) is 13.4. The van der Waals surface area contributed by atoms with Gasteiger partial charge in [-0.2, -0.15) is 52.7 Å². The quantitative estimate of drug-likeness (QED) is 0.326. The molecule has 0 radical (unpaired) electrons. The Balaban J connectivity index is 3.75. The van der Waals surface area contributed by atoms with E-state index < -0.39 is 82.6 Å². The van der Waals surface area contributed by atoms with E-state index in [0.29, 0.717) is 0 Å². The predicted molar refractivity (Wildman–Crippen MR) is 68.0 cm³/mol. The molecule has 0 aliphatic rings. The summed E-state index contributed by atoms with van der Waals surface area (Å²) < 4.78 is 178. The van der Waals surface area contributed by atoms with Crippen molar-refractivity contribution < 1.29 is 71.4 Å². The van der Waals surface area contributed by atoms with Gasteiger partial charge >= 0.3 is 30.4 Å². The first-order valence-electron chi connectivity index (χ1n) is 6.81. The molecule has 2 nitrogen and oxygen atoms in total. The highest BCUT2D eigenvalue weighted by Crippen LogP contribution is 2.47. The Hall–Kier alpha value is -2.55. The Morgan fingerprint density at radius 1 is 0.733 bits per heavy atom. The van der Waals surface area contributed by atoms with E-state index in [4.69, 9.17) is 0 Å². The number of alkyl halides is 13. The summed E-state index contributed by atoms with van der Waals surface area (Å²) in [5, 5.41) is 9.34. The Kier molecular flexibility index (Phi) is 6.20. The maximum absolute atomic E-state index is 13.5. The lowest BCUT2D eigenvalue weighted by Gasteiger charge is -2.27. The standard InChI is InChI=1S/C14H4F14O2/c15-7-1-4(5(11(17,18)19)2-6(7)12(20,21)22)8(29)3-9(30)10(16,13(23,24)25)14(26,27)28/h1-3,29H/b8-3-. The topological polar surface area (TPSA) is 37.3 Å². The lowest BCUT2D eigenvalue weighted by Crippen LogP contribution is -2.58. The summed E-state index contributed by atoms with van der Waals surface area (Å²) in [6, 6.07) is -1.69. The molecule has 0 aliphatic carbocycles. The number of aliphatic hydroxyl groups is 1. The summed E-state index contributed by atoms with van der Waals surface area (Å²) >= 11 is 0. The second kappa shape index (κ2) is 7.30. The van der Waals surface area contributed by atoms with Gasteiger partial charge in [-0.15, -0.1) is 0 Å². The van der Waals surface area contributed by atoms with Gasteiger partial charge in [0.05, 0.1) is 11.1 Å². The summed E-state index contributed by atoms with van der Waals surface area (Å²) in [6.45, 7) is 0. The van der Waals surface area contributed by atoms with Crippen molar-refractivity contribution in [2.75, 3.05) is 0 Å². The number of rotatable bonds is 3. The number of hydrogen-bond acceptors (Lipinski definition) is 2. The third kappa shape index (κ3) is 4.61. The molecule has 0 aliphatic heterocycles. The molecule has 1 N–H and O–H groups in total. The van der Waals surface area contributed by atoms with Crippen LogP contribution in [-0.2, 0) is 17.1 Å². The van der Waals surface area contributed by atoms with Crippen molar-refractivity contribution in [3.05, 3.63) is 40.7 Å². The molecule has 0 amide bonds. The van der Waals surface area contributed by atoms with Crippen LogP contribution in [0.5, 0.6) is 0 Å². The number of hydrogen-bond donors (Lipinski definition) is 1. The molecule has 16 heteroatoms. The van der Waals surface area contributed by atoms with Crippen molar-refractivity contribution >= 4 is 11.5 Å². The fourth-order valence-corrected chi connectivity index (χ4v) is 1.98. The highest BCUT2D eigenvalue weighted by atomic mass is 19.4. The Labute approximate surface area is 155 Å². The van der Waals surface area contributed by atoms with Crippen LogP contribution in [-0.4, -0.2) is 28.9 Å². The number of allylic oxidation sites excluding steroid dienone is 1. The molecule has 30 heavy (non-hydrogen) atoms. The van der Waals surface area contributed by atoms with Crippen LogP contribution in [0.4, 0.5) is 61.5 Å². The fourth-order valence-electron chi connectivity index (χ4n) is 1.98. The van der Waals surface area contributed by atoms with Crippen LogP contribution in [0.1, 0.15) is 16.7 Å². The smallest absolute Gasteiger partial charge is 0.439 e. The van der Waals surface area contributed by atoms with Gasteiger partial charge in [-0.25, -0.2) is 8.78 Å². The lowest BCUT2D eigenvalue weighted by atomic mass is 9.95. The number of ketones is 1. The molecule has 0 spiro atoms. The van der Waals surface area contributed by atoms with Crippen LogP contribution >= 0.6 is 0 Å². The van der Waals surface area contributed by atoms with Gasteiger partial charge in [0.25, 0.3) is 0 Å². The number of carbonyl (C=O) groups excluding carboxylic acids is 1. The normalized spacial score (nSPS) is 14.8. The van der Waals surface area contributed by atoms with Crippen molar-refractivity contribution in [1.29, 1.82) is 0 Å². The van der Waals surface area contributed by atoms with Crippen LogP contribution in [0.25, 0.3) is 5.76 Å². The fraction of sp³-hybridized carbons (Fsp3) is 0.357. The molecular weight excluding hydrogens is 466 g/mol. The Morgan fingerprint density at radius 3 is 1.47 bits per heavy atom. The van der Waals surface area contributed by atoms with Crippen molar-refractivity contribution in [3.8, 4) is 0 Å². The molecular formula is C14H4F14O2. The van der Waals surface area contributed by atoms with Crippen LogP contribution in [0.3, 0.4) is 0 Å². The highest BCUT2D eigenvalue weighted by Gasteiger charge is 2.76. The van der Waals surface area contributed by atoms with Gasteiger partial charge in [0.1, 0.15) is 11.6 Å². The van der Waals surface area contributed by atoms with Crippen LogP contribution < -0.4 is 0 Å². The van der Waals surface area contributed by atoms with Crippen LogP contribution in [0.2, 0.25) is 0 Å². The molecule has 0 saturated carbocycles. The first kappa shape index (κ1) is 25.5. The third-order valence-corrected chi connectivity index (χ3v) is 3.38. The first-order valence-corrected chi connectivity index (χ1v) is 6.81. The minimum atomic E-state index is -6.99. The van der Waals surface area contributed by atoms with Gasteiger partial charge in [-0.05, 0) is 12.1 Å². The van der Waals surface area contributed by atoms with Crippen molar-refractivity contribution in [2.24, 2.45) is 0 Å². The molecule has 1 aromatic carbocycles. The van der Waals surface area contributed by atoms with Crippen molar-refractivity contribution in [3.63, 3.8) is 0 Å². The molecule has 170 valence electrons. The van der Waals surface area contributed by atoms with Crippen LogP contribution in [0.15, 0.2) is 18.2 Å². The van der Waals surface area contributed by atoms with E-state index in [2.05, 4.69) is 0 Å². The molecule has 1 aromatic rings. The predicted octanol–water partition coefficient (Wildman–Crippen LogP) is 6.16. The summed E-state index contributed by atoms with van der Waals surface area (Å²) in [5.74, 6) is -8.69. The van der Waals surface area contributed by atoms with E-state index in [0.717, 1.165) is 0 Å². The van der Waals surface area contributed by atoms with E-state index in [1.807, 2.05) is 0 Å². The zero-order valence-electron chi connectivity index (χ0n) is 13.4. The van der Waals surface area contributed by atoms with Crippen molar-refractivity contribution in [2.45, 2.75) is 30.4 Å². The highest BCUT2D eigenvalue weighted by molar-refractivity contribution is 6.02. The van der Waals surface area contributed by atoms with Gasteiger partial charge in [0.2, 0.25) is 5.78 Å². The maximum Gasteiger partial charge on any atom is 0.439 e. The molecule has 0 saturated heterocycles. The van der Waals surface area contributed by atoms with Gasteiger partial charge in [-0.3, -0.25) is 4.79 Å². The van der Waals surface area contributed by atoms with E-state index in [1.54, 1.807) is 0 Å². The monoisotopic (exact) mass is 470 g/mol. The van der Waals surface area contributed by atoms with E-state index in [-0.39, 0.29) is 0 Å². The minimum absolute atomic E-state index is 0.744. The van der Waals surface area contributed by atoms with Gasteiger partial charge in [0.15, 0.2) is 0 Å². The summed E-state index contributed by atoms with van der Waals surface area (Å²) in [6.07, 6.45) is -26.9. The number of benzene rings is 1. The van der Waals surface area contributed by atoms with E-state index in [1.165, 1.54) is 0 Å². The molecule has 0 bridgehead atoms. The van der Waals surface area contributed by atoms with Gasteiger partial charge < -0.3 is 5.11 Å². The molecule has 0 fully saturated rings. The van der Waals surface area contributed by atoms with Crippen molar-refractivity contribution in [1.82, 2.24) is 0 Å². The zero-order chi connectivity index (χ0) is 24.1. The largest absolute Gasteiger partial charge is 0.507 e. The molecule has 0 heterocycles. The third-order valence-electron chi connectivity index (χ3n) is 3.38. The number of carbonyl (C=O) groups is 1. The maximum atomic E-state index is 13.5. The van der Waals surface area contributed by atoms with Gasteiger partial charge in [-0.1, -0.05) is 0 Å². The molecule has 0 aromatic heterocycles. The summed E-state index contributed by atoms with van der Waals surface area (Å²) in [5.41, 5.74) is -14.0. The minimum Gasteiger partial charge on any atom is -0.507 e. The number of halogens is 14. The van der Waals surface area contributed by atoms with Crippen LogP contribution in [0, 0.1) is 5.82 Å². The second-order valence-corrected chi connectivity index (χ2v) is 5.42. The molecule has 0 unspecified atom stereocenters. The Morgan fingerprint density at radius 2 is 1.13 bits per heavy atom. The summed E-state index contributed by atoms with van der Waals surface area (Å²) in [4.78, 5) is 11.2. The van der Waals surface area contributed by atoms with Gasteiger partial charge in [0, 0.05) is 11.6 Å². The van der Waals surface area contributed by atoms with E-state index >= 15 is 0 Å². The SMILES string of the molecule is O=C(/C=C(\O)c1cc(F)c(C(F)(F)F)cc1C(F)(F)F)C(F)(C(F)(F)F)C(F)(F)F. The summed E-state index contributed by atoms with van der Waals surface area (Å²) in [7, 11) is 0. The second-order valence-electron chi connectivity index (χ2n) is 5.42. The first-order chi connectivity index (χ1) is 13.0. The molecule has 1 rings (SSSR count). The Bertz CT molecular complexity index is 840. The molecule has 0 atom stereocenters. The number of aliphatic hydroxyl groups excluding tert-OH is 1. The average molecular weight is 470 g/mol. The lowest BCUT2D eigenvalue weighted by molar-refractivity contribution is -0.323. The average Bonchev–Trinajstić information content (AvgIpc) is 2.48.